The van der Waals surface area contributed by atoms with E-state index in [2.05, 4.69) is 5.10 Å². The molecule has 1 aromatic heterocycles. The Morgan fingerprint density at radius 3 is 2.69 bits per heavy atom. The van der Waals surface area contributed by atoms with Crippen molar-refractivity contribution in [3.8, 4) is 0 Å². The molecule has 1 rings (SSSR count). The summed E-state index contributed by atoms with van der Waals surface area (Å²) in [5.74, 6) is -2.58. The molecule has 0 spiro atoms. The van der Waals surface area contributed by atoms with Gasteiger partial charge in [-0.3, -0.25) is 9.48 Å². The van der Waals surface area contributed by atoms with Crippen LogP contribution in [-0.4, -0.2) is 35.0 Å². The number of carboxylic acids is 1. The van der Waals surface area contributed by atoms with Crippen LogP contribution in [0.5, 0.6) is 0 Å². The lowest BCUT2D eigenvalue weighted by Crippen LogP contribution is -2.22. The molecule has 1 heterocycles. The zero-order valence-electron chi connectivity index (χ0n) is 9.12. The molecule has 1 N–H and O–H groups in total. The maximum Gasteiger partial charge on any atom is 0.307 e. The number of hydrogen-bond donors (Lipinski definition) is 1. The number of nitrogens with zero attached hydrogens (tertiary/aromatic N) is 2. The predicted molar refractivity (Wildman–Crippen MR) is 57.5 cm³/mol. The monoisotopic (exact) mass is 246 g/mol. The van der Waals surface area contributed by atoms with E-state index in [9.17, 15) is 13.2 Å². The topological polar surface area (TPSA) is 89.3 Å². The Morgan fingerprint density at radius 1 is 1.62 bits per heavy atom. The van der Waals surface area contributed by atoms with E-state index in [1.54, 1.807) is 19.3 Å². The second-order valence-electron chi connectivity index (χ2n) is 3.77. The van der Waals surface area contributed by atoms with Crippen LogP contribution < -0.4 is 0 Å². The van der Waals surface area contributed by atoms with Crippen LogP contribution in [0.1, 0.15) is 12.6 Å². The first-order valence-electron chi connectivity index (χ1n) is 4.72. The van der Waals surface area contributed by atoms with Gasteiger partial charge in [-0.05, 0) is 6.07 Å². The molecule has 0 aromatic carbocycles. The summed E-state index contributed by atoms with van der Waals surface area (Å²) < 4.78 is 24.7. The van der Waals surface area contributed by atoms with Crippen LogP contribution >= 0.6 is 0 Å². The number of aromatic nitrogens is 2. The number of carbonyl (C=O) groups is 1. The van der Waals surface area contributed by atoms with Crippen LogP contribution in [0.3, 0.4) is 0 Å². The summed E-state index contributed by atoms with van der Waals surface area (Å²) in [4.78, 5) is 10.5. The highest BCUT2D eigenvalue weighted by molar-refractivity contribution is 7.90. The number of hydrogen-bond acceptors (Lipinski definition) is 4. The van der Waals surface area contributed by atoms with Gasteiger partial charge in [0.2, 0.25) is 0 Å². The van der Waals surface area contributed by atoms with E-state index in [4.69, 9.17) is 5.11 Å². The van der Waals surface area contributed by atoms with Crippen LogP contribution in [0.4, 0.5) is 0 Å². The van der Waals surface area contributed by atoms with Gasteiger partial charge in [0.05, 0.1) is 23.1 Å². The van der Waals surface area contributed by atoms with Gasteiger partial charge >= 0.3 is 5.97 Å². The Balaban J connectivity index is 2.69. The summed E-state index contributed by atoms with van der Waals surface area (Å²) in [7, 11) is -1.73. The third kappa shape index (κ3) is 3.65. The molecule has 0 amide bonds. The van der Waals surface area contributed by atoms with E-state index >= 15 is 0 Å². The lowest BCUT2D eigenvalue weighted by atomic mass is 10.2. The molecule has 0 saturated heterocycles. The zero-order chi connectivity index (χ0) is 12.3. The fourth-order valence-electron chi connectivity index (χ4n) is 1.28. The van der Waals surface area contributed by atoms with Crippen LogP contribution in [0.2, 0.25) is 0 Å². The second kappa shape index (κ2) is 4.65. The van der Waals surface area contributed by atoms with Crippen LogP contribution in [0.25, 0.3) is 0 Å². The van der Waals surface area contributed by atoms with Crippen molar-refractivity contribution in [1.29, 1.82) is 0 Å². The van der Waals surface area contributed by atoms with Gasteiger partial charge in [-0.2, -0.15) is 5.10 Å². The van der Waals surface area contributed by atoms with Gasteiger partial charge in [-0.1, -0.05) is 6.92 Å². The minimum atomic E-state index is -3.42. The molecule has 0 bridgehead atoms. The Kier molecular flexibility index (Phi) is 3.69. The van der Waals surface area contributed by atoms with Gasteiger partial charge in [-0.25, -0.2) is 8.42 Å². The average Bonchev–Trinajstić information content (AvgIpc) is 2.48. The number of aryl methyl sites for hydroxylation is 1. The van der Waals surface area contributed by atoms with E-state index in [0.29, 0.717) is 5.69 Å². The van der Waals surface area contributed by atoms with Gasteiger partial charge < -0.3 is 5.11 Å². The van der Waals surface area contributed by atoms with Crippen molar-refractivity contribution in [1.82, 2.24) is 9.78 Å². The zero-order valence-corrected chi connectivity index (χ0v) is 9.94. The van der Waals surface area contributed by atoms with Crippen molar-refractivity contribution in [3.63, 3.8) is 0 Å². The lowest BCUT2D eigenvalue weighted by Gasteiger charge is -2.06. The molecule has 1 aromatic rings. The number of rotatable bonds is 5. The lowest BCUT2D eigenvalue weighted by molar-refractivity contribution is -0.140. The van der Waals surface area contributed by atoms with E-state index in [1.807, 2.05) is 0 Å². The van der Waals surface area contributed by atoms with Gasteiger partial charge in [0.1, 0.15) is 0 Å². The first-order valence-corrected chi connectivity index (χ1v) is 6.54. The normalized spacial score (nSPS) is 13.6. The highest BCUT2D eigenvalue weighted by atomic mass is 32.2. The molecule has 1 unspecified atom stereocenters. The summed E-state index contributed by atoms with van der Waals surface area (Å²) in [6.45, 7) is 1.37. The molecule has 90 valence electrons. The Morgan fingerprint density at radius 2 is 2.25 bits per heavy atom. The summed E-state index contributed by atoms with van der Waals surface area (Å²) in [6.07, 6.45) is 1.64. The molecule has 0 saturated carbocycles. The Hall–Kier alpha value is -1.37. The molecule has 16 heavy (non-hydrogen) atoms. The Labute approximate surface area is 93.8 Å². The maximum absolute atomic E-state index is 11.6. The minimum Gasteiger partial charge on any atom is -0.481 e. The SMILES string of the molecule is CC(CS(=O)(=O)Cc1ccn(C)n1)C(=O)O. The Bertz CT molecular complexity index is 477. The molecule has 0 aliphatic carbocycles. The summed E-state index contributed by atoms with van der Waals surface area (Å²) in [6, 6.07) is 1.60. The van der Waals surface area contributed by atoms with Crippen molar-refractivity contribution in [2.24, 2.45) is 13.0 Å². The minimum absolute atomic E-state index is 0.217. The largest absolute Gasteiger partial charge is 0.481 e. The van der Waals surface area contributed by atoms with E-state index in [0.717, 1.165) is 0 Å². The number of sulfone groups is 1. The van der Waals surface area contributed by atoms with Crippen molar-refractivity contribution in [2.45, 2.75) is 12.7 Å². The molecule has 0 aliphatic heterocycles. The van der Waals surface area contributed by atoms with Crippen molar-refractivity contribution in [3.05, 3.63) is 18.0 Å². The van der Waals surface area contributed by atoms with Crippen LogP contribution in [0, 0.1) is 5.92 Å². The predicted octanol–water partition coefficient (Wildman–Crippen LogP) is 0.0556. The molecule has 0 aliphatic rings. The first kappa shape index (κ1) is 12.7. The van der Waals surface area contributed by atoms with Crippen molar-refractivity contribution in [2.75, 3.05) is 5.75 Å². The fourth-order valence-corrected chi connectivity index (χ4v) is 2.90. The molecule has 0 radical (unpaired) electrons. The summed E-state index contributed by atoms with van der Waals surface area (Å²) in [5, 5.41) is 12.6. The third-order valence-corrected chi connectivity index (χ3v) is 3.81. The number of carboxylic acid groups (broad SMARTS) is 1. The molecule has 6 nitrogen and oxygen atoms in total. The van der Waals surface area contributed by atoms with Crippen molar-refractivity contribution < 1.29 is 18.3 Å². The van der Waals surface area contributed by atoms with Gasteiger partial charge in [0.25, 0.3) is 0 Å². The molecule has 0 fully saturated rings. The highest BCUT2D eigenvalue weighted by Crippen LogP contribution is 2.08. The standard InChI is InChI=1S/C9H14N2O4S/c1-7(9(12)13)5-16(14,15)6-8-3-4-11(2)10-8/h3-4,7H,5-6H2,1-2H3,(H,12,13). The third-order valence-electron chi connectivity index (χ3n) is 2.06. The second-order valence-corrected chi connectivity index (χ2v) is 5.88. The molecular formula is C9H14N2O4S. The van der Waals surface area contributed by atoms with E-state index < -0.39 is 21.7 Å². The maximum atomic E-state index is 11.6. The smallest absolute Gasteiger partial charge is 0.307 e. The van der Waals surface area contributed by atoms with Crippen LogP contribution in [-0.2, 0) is 27.4 Å². The molecule has 7 heteroatoms. The van der Waals surface area contributed by atoms with Gasteiger partial charge in [-0.15, -0.1) is 0 Å². The average molecular weight is 246 g/mol. The fraction of sp³-hybridized carbons (Fsp3) is 0.556. The molecular weight excluding hydrogens is 232 g/mol. The van der Waals surface area contributed by atoms with Crippen LogP contribution in [0.15, 0.2) is 12.3 Å². The van der Waals surface area contributed by atoms with E-state index in [1.165, 1.54) is 11.6 Å². The highest BCUT2D eigenvalue weighted by Gasteiger charge is 2.22. The summed E-state index contributed by atoms with van der Waals surface area (Å²) >= 11 is 0. The number of aliphatic carboxylic acids is 1. The quantitative estimate of drug-likeness (QED) is 0.793. The van der Waals surface area contributed by atoms with Crippen molar-refractivity contribution >= 4 is 15.8 Å². The first-order chi connectivity index (χ1) is 7.30. The van der Waals surface area contributed by atoms with Gasteiger partial charge in [0.15, 0.2) is 9.84 Å². The van der Waals surface area contributed by atoms with E-state index in [-0.39, 0.29) is 11.5 Å². The molecule has 1 atom stereocenters. The summed E-state index contributed by atoms with van der Waals surface area (Å²) in [5.41, 5.74) is 0.431. The van der Waals surface area contributed by atoms with Gasteiger partial charge in [0, 0.05) is 13.2 Å².